The molecule has 0 atom stereocenters. The standard InChI is InChI=1S/C10H11NS2/c1-6(2)7-3-9-8(11-5-7)4-10(12)13-9/h3,5-6H,4H2,1-2H3. The van der Waals surface area contributed by atoms with Crippen LogP contribution in [-0.2, 0) is 6.42 Å². The number of rotatable bonds is 1. The molecule has 0 radical (unpaired) electrons. The summed E-state index contributed by atoms with van der Waals surface area (Å²) in [5, 5.41) is 0. The minimum Gasteiger partial charge on any atom is -0.259 e. The Hall–Kier alpha value is -0.410. The smallest absolute Gasteiger partial charge is 0.0601 e. The molecular formula is C10H11NS2. The predicted molar refractivity (Wildman–Crippen MR) is 60.5 cm³/mol. The maximum Gasteiger partial charge on any atom is 0.0601 e. The number of fused-ring (bicyclic) bond motifs is 1. The summed E-state index contributed by atoms with van der Waals surface area (Å²) in [6.45, 7) is 4.36. The van der Waals surface area contributed by atoms with Crippen LogP contribution >= 0.6 is 24.0 Å². The Labute approximate surface area is 88.0 Å². The maximum absolute atomic E-state index is 5.16. The Balaban J connectivity index is 2.40. The lowest BCUT2D eigenvalue weighted by Gasteiger charge is -2.05. The van der Waals surface area contributed by atoms with E-state index in [0.29, 0.717) is 5.92 Å². The molecule has 0 amide bonds. The van der Waals surface area contributed by atoms with E-state index in [1.807, 2.05) is 6.20 Å². The molecule has 0 bridgehead atoms. The van der Waals surface area contributed by atoms with Crippen LogP contribution in [-0.4, -0.2) is 9.18 Å². The SMILES string of the molecule is CC(C)c1cnc2c(c1)SC(=S)C2. The van der Waals surface area contributed by atoms with Crippen LogP contribution in [0.1, 0.15) is 31.0 Å². The van der Waals surface area contributed by atoms with E-state index in [4.69, 9.17) is 12.2 Å². The summed E-state index contributed by atoms with van der Waals surface area (Å²) in [6, 6.07) is 2.22. The summed E-state index contributed by atoms with van der Waals surface area (Å²) in [5.74, 6) is 0.549. The van der Waals surface area contributed by atoms with E-state index in [1.54, 1.807) is 11.8 Å². The molecule has 1 nitrogen and oxygen atoms in total. The molecule has 1 aromatic heterocycles. The van der Waals surface area contributed by atoms with Gasteiger partial charge < -0.3 is 0 Å². The van der Waals surface area contributed by atoms with E-state index in [0.717, 1.165) is 16.3 Å². The van der Waals surface area contributed by atoms with Gasteiger partial charge in [-0.3, -0.25) is 4.98 Å². The van der Waals surface area contributed by atoms with Crippen LogP contribution in [0.5, 0.6) is 0 Å². The Morgan fingerprint density at radius 2 is 2.31 bits per heavy atom. The van der Waals surface area contributed by atoms with Gasteiger partial charge in [0, 0.05) is 17.5 Å². The predicted octanol–water partition coefficient (Wildman–Crippen LogP) is 3.18. The topological polar surface area (TPSA) is 12.9 Å². The highest BCUT2D eigenvalue weighted by Crippen LogP contribution is 2.33. The molecule has 0 aromatic carbocycles. The molecule has 0 saturated heterocycles. The molecule has 1 aromatic rings. The Bertz CT molecular complexity index is 358. The molecule has 0 aliphatic carbocycles. The van der Waals surface area contributed by atoms with Crippen molar-refractivity contribution < 1.29 is 0 Å². The highest BCUT2D eigenvalue weighted by atomic mass is 32.2. The molecule has 1 aliphatic rings. The van der Waals surface area contributed by atoms with Crippen molar-refractivity contribution in [3.05, 3.63) is 23.5 Å². The molecule has 13 heavy (non-hydrogen) atoms. The van der Waals surface area contributed by atoms with Gasteiger partial charge in [0.15, 0.2) is 0 Å². The zero-order chi connectivity index (χ0) is 9.42. The molecule has 0 N–H and O–H groups in total. The van der Waals surface area contributed by atoms with Gasteiger partial charge in [-0.1, -0.05) is 37.8 Å². The Morgan fingerprint density at radius 3 is 3.00 bits per heavy atom. The fraction of sp³-hybridized carbons (Fsp3) is 0.400. The van der Waals surface area contributed by atoms with Gasteiger partial charge in [-0.15, -0.1) is 0 Å². The first kappa shape index (κ1) is 9.16. The van der Waals surface area contributed by atoms with Crippen molar-refractivity contribution in [2.75, 3.05) is 0 Å². The zero-order valence-corrected chi connectivity index (χ0v) is 9.34. The van der Waals surface area contributed by atoms with Crippen molar-refractivity contribution in [2.45, 2.75) is 31.1 Å². The molecule has 0 fully saturated rings. The quantitative estimate of drug-likeness (QED) is 0.659. The molecule has 1 aliphatic heterocycles. The second-order valence-electron chi connectivity index (χ2n) is 3.52. The van der Waals surface area contributed by atoms with Crippen LogP contribution in [0.3, 0.4) is 0 Å². The first-order chi connectivity index (χ1) is 6.16. The summed E-state index contributed by atoms with van der Waals surface area (Å²) in [6.07, 6.45) is 2.84. The molecule has 3 heteroatoms. The van der Waals surface area contributed by atoms with Crippen molar-refractivity contribution in [3.8, 4) is 0 Å². The lowest BCUT2D eigenvalue weighted by molar-refractivity contribution is 0.846. The Morgan fingerprint density at radius 1 is 1.54 bits per heavy atom. The lowest BCUT2D eigenvalue weighted by atomic mass is 10.1. The average molecular weight is 209 g/mol. The lowest BCUT2D eigenvalue weighted by Crippen LogP contribution is -1.93. The third-order valence-electron chi connectivity index (χ3n) is 2.15. The summed E-state index contributed by atoms with van der Waals surface area (Å²) < 4.78 is 1.04. The highest BCUT2D eigenvalue weighted by Gasteiger charge is 2.18. The largest absolute Gasteiger partial charge is 0.259 e. The normalized spacial score (nSPS) is 15.2. The fourth-order valence-corrected chi connectivity index (χ4v) is 2.62. The number of pyridine rings is 1. The first-order valence-corrected chi connectivity index (χ1v) is 5.59. The van der Waals surface area contributed by atoms with E-state index in [1.165, 1.54) is 10.5 Å². The number of thioether (sulfide) groups is 1. The van der Waals surface area contributed by atoms with Crippen LogP contribution in [0.2, 0.25) is 0 Å². The molecule has 0 spiro atoms. The van der Waals surface area contributed by atoms with Gasteiger partial charge in [-0.25, -0.2) is 0 Å². The summed E-state index contributed by atoms with van der Waals surface area (Å²) in [5.41, 5.74) is 2.45. The van der Waals surface area contributed by atoms with Crippen molar-refractivity contribution in [3.63, 3.8) is 0 Å². The van der Waals surface area contributed by atoms with E-state index in [9.17, 15) is 0 Å². The van der Waals surface area contributed by atoms with Gasteiger partial charge in [0.2, 0.25) is 0 Å². The van der Waals surface area contributed by atoms with E-state index >= 15 is 0 Å². The minimum absolute atomic E-state index is 0.549. The van der Waals surface area contributed by atoms with Gasteiger partial charge in [0.1, 0.15) is 0 Å². The summed E-state index contributed by atoms with van der Waals surface area (Å²) in [4.78, 5) is 5.68. The van der Waals surface area contributed by atoms with Gasteiger partial charge in [0.05, 0.1) is 9.89 Å². The summed E-state index contributed by atoms with van der Waals surface area (Å²) >= 11 is 6.85. The monoisotopic (exact) mass is 209 g/mol. The van der Waals surface area contributed by atoms with Crippen LogP contribution in [0, 0.1) is 0 Å². The van der Waals surface area contributed by atoms with Gasteiger partial charge in [-0.2, -0.15) is 0 Å². The molecule has 2 rings (SSSR count). The number of hydrogen-bond donors (Lipinski definition) is 0. The van der Waals surface area contributed by atoms with E-state index in [-0.39, 0.29) is 0 Å². The second kappa shape index (κ2) is 3.39. The molecular weight excluding hydrogens is 198 g/mol. The third-order valence-corrected chi connectivity index (χ3v) is 3.49. The van der Waals surface area contributed by atoms with E-state index < -0.39 is 0 Å². The van der Waals surface area contributed by atoms with Crippen LogP contribution in [0.25, 0.3) is 0 Å². The van der Waals surface area contributed by atoms with Gasteiger partial charge in [-0.05, 0) is 17.5 Å². The van der Waals surface area contributed by atoms with Gasteiger partial charge in [0.25, 0.3) is 0 Å². The second-order valence-corrected chi connectivity index (χ2v) is 5.41. The van der Waals surface area contributed by atoms with Crippen LogP contribution < -0.4 is 0 Å². The first-order valence-electron chi connectivity index (χ1n) is 4.36. The minimum atomic E-state index is 0.549. The third kappa shape index (κ3) is 1.76. The molecule has 68 valence electrons. The van der Waals surface area contributed by atoms with E-state index in [2.05, 4.69) is 24.9 Å². The number of thiocarbonyl (C=S) groups is 1. The number of aromatic nitrogens is 1. The van der Waals surface area contributed by atoms with Crippen molar-refractivity contribution in [1.82, 2.24) is 4.98 Å². The maximum atomic E-state index is 5.16. The molecule has 0 saturated carbocycles. The van der Waals surface area contributed by atoms with Crippen LogP contribution in [0.4, 0.5) is 0 Å². The zero-order valence-electron chi connectivity index (χ0n) is 7.70. The van der Waals surface area contributed by atoms with Crippen LogP contribution in [0.15, 0.2) is 17.2 Å². The number of nitrogens with zero attached hydrogens (tertiary/aromatic N) is 1. The molecule has 0 unspecified atom stereocenters. The van der Waals surface area contributed by atoms with Crippen molar-refractivity contribution in [1.29, 1.82) is 0 Å². The van der Waals surface area contributed by atoms with Crippen molar-refractivity contribution in [2.24, 2.45) is 0 Å². The Kier molecular flexibility index (Phi) is 2.39. The van der Waals surface area contributed by atoms with Crippen molar-refractivity contribution >= 4 is 28.2 Å². The fourth-order valence-electron chi connectivity index (χ4n) is 1.32. The number of hydrogen-bond acceptors (Lipinski definition) is 3. The molecule has 2 heterocycles. The summed E-state index contributed by atoms with van der Waals surface area (Å²) in [7, 11) is 0. The highest BCUT2D eigenvalue weighted by molar-refractivity contribution is 8.23. The van der Waals surface area contributed by atoms with Gasteiger partial charge >= 0.3 is 0 Å². The average Bonchev–Trinajstić information content (AvgIpc) is 2.42.